The van der Waals surface area contributed by atoms with E-state index in [1.807, 2.05) is 0 Å². The zero-order valence-electron chi connectivity index (χ0n) is 21.0. The van der Waals surface area contributed by atoms with Crippen LogP contribution in [0.15, 0.2) is 54.1 Å². The quantitative estimate of drug-likeness (QED) is 0.429. The van der Waals surface area contributed by atoms with Gasteiger partial charge in [0.15, 0.2) is 28.6 Å². The number of hydrogen-bond donors (Lipinski definition) is 2. The average molecular weight is 531 g/mol. The monoisotopic (exact) mass is 530 g/mol. The maximum absolute atomic E-state index is 17.3. The maximum Gasteiger partial charge on any atom is 0.188 e. The van der Waals surface area contributed by atoms with Gasteiger partial charge in [0, 0.05) is 22.3 Å². The van der Waals surface area contributed by atoms with Gasteiger partial charge in [-0.15, -0.1) is 11.6 Å². The minimum atomic E-state index is -2.11. The van der Waals surface area contributed by atoms with Crippen molar-refractivity contribution in [2.75, 3.05) is 12.5 Å². The lowest BCUT2D eigenvalue weighted by atomic mass is 9.44. The van der Waals surface area contributed by atoms with Crippen LogP contribution in [0.25, 0.3) is 0 Å². The predicted molar refractivity (Wildman–Crippen MR) is 135 cm³/mol. The van der Waals surface area contributed by atoms with E-state index >= 15 is 4.39 Å². The second kappa shape index (κ2) is 8.94. The van der Waals surface area contributed by atoms with E-state index in [0.717, 1.165) is 0 Å². The molecule has 0 radical (unpaired) electrons. The molecule has 198 valence electrons. The van der Waals surface area contributed by atoms with Crippen molar-refractivity contribution < 1.29 is 33.7 Å². The van der Waals surface area contributed by atoms with Crippen molar-refractivity contribution in [3.63, 3.8) is 0 Å². The number of aliphatic hydroxyl groups is 2. The predicted octanol–water partition coefficient (Wildman–Crippen LogP) is 3.77. The fourth-order valence-electron chi connectivity index (χ4n) is 7.87. The standard InChI is InChI=1S/C29H32ClFO6/c1-26-11-10-19(32)12-18(26)8-9-20-21-13-25(37-16-22(33)17-6-4-3-5-7-17)29(36,24(35)15-30)27(21,2)14-23(34)28(20,26)31/h3-7,10-12,20-21,23,25,34,36H,8-9,13-16H2,1-2H3/t20-,21-,23-,25+,26-,27-,28-,29+/m0/s1. The summed E-state index contributed by atoms with van der Waals surface area (Å²) in [4.78, 5) is 38.0. The smallest absolute Gasteiger partial charge is 0.188 e. The molecule has 3 saturated carbocycles. The summed E-state index contributed by atoms with van der Waals surface area (Å²) in [5.41, 5.74) is -5.56. The zero-order valence-corrected chi connectivity index (χ0v) is 21.7. The van der Waals surface area contributed by atoms with E-state index in [1.54, 1.807) is 50.3 Å². The Morgan fingerprint density at radius 1 is 1.19 bits per heavy atom. The van der Waals surface area contributed by atoms with Gasteiger partial charge < -0.3 is 14.9 Å². The Morgan fingerprint density at radius 3 is 2.57 bits per heavy atom. The Labute approximate surface area is 220 Å². The van der Waals surface area contributed by atoms with Gasteiger partial charge in [0.1, 0.15) is 6.61 Å². The number of hydrogen-bond acceptors (Lipinski definition) is 6. The lowest BCUT2D eigenvalue weighted by Gasteiger charge is -2.62. The summed E-state index contributed by atoms with van der Waals surface area (Å²) in [7, 11) is 0. The summed E-state index contributed by atoms with van der Waals surface area (Å²) in [6.45, 7) is 3.04. The van der Waals surface area contributed by atoms with Crippen molar-refractivity contribution in [2.24, 2.45) is 22.7 Å². The summed E-state index contributed by atoms with van der Waals surface area (Å²) < 4.78 is 23.3. The van der Waals surface area contributed by atoms with Crippen LogP contribution in [0.3, 0.4) is 0 Å². The second-order valence-electron chi connectivity index (χ2n) is 11.4. The molecule has 1 aromatic carbocycles. The van der Waals surface area contributed by atoms with Crippen molar-refractivity contribution in [3.05, 3.63) is 59.7 Å². The number of alkyl halides is 2. The third-order valence-electron chi connectivity index (χ3n) is 9.89. The Kier molecular flexibility index (Phi) is 6.38. The molecule has 37 heavy (non-hydrogen) atoms. The molecule has 4 aliphatic rings. The highest BCUT2D eigenvalue weighted by molar-refractivity contribution is 6.29. The number of allylic oxidation sites excluding steroid dienone is 4. The van der Waals surface area contributed by atoms with Crippen molar-refractivity contribution in [1.82, 2.24) is 0 Å². The number of ether oxygens (including phenoxy) is 1. The highest BCUT2D eigenvalue weighted by atomic mass is 35.5. The summed E-state index contributed by atoms with van der Waals surface area (Å²) >= 11 is 5.95. The fourth-order valence-corrected chi connectivity index (χ4v) is 8.08. The van der Waals surface area contributed by atoms with Gasteiger partial charge in [0.05, 0.1) is 18.1 Å². The molecule has 8 heteroatoms. The van der Waals surface area contributed by atoms with Gasteiger partial charge >= 0.3 is 0 Å². The minimum absolute atomic E-state index is 0.137. The number of rotatable bonds is 6. The van der Waals surface area contributed by atoms with E-state index in [4.69, 9.17) is 16.3 Å². The van der Waals surface area contributed by atoms with Gasteiger partial charge in [-0.2, -0.15) is 0 Å². The molecule has 2 N–H and O–H groups in total. The van der Waals surface area contributed by atoms with Crippen LogP contribution in [0.2, 0.25) is 0 Å². The van der Waals surface area contributed by atoms with E-state index in [0.29, 0.717) is 24.0 Å². The highest BCUT2D eigenvalue weighted by Gasteiger charge is 2.76. The van der Waals surface area contributed by atoms with E-state index in [2.05, 4.69) is 0 Å². The van der Waals surface area contributed by atoms with Crippen molar-refractivity contribution in [3.8, 4) is 0 Å². The number of carbonyl (C=O) groups excluding carboxylic acids is 3. The molecule has 0 amide bonds. The minimum Gasteiger partial charge on any atom is -0.390 e. The summed E-state index contributed by atoms with van der Waals surface area (Å²) in [5.74, 6) is -2.90. The molecule has 5 rings (SSSR count). The number of fused-ring (bicyclic) bond motifs is 5. The average Bonchev–Trinajstić information content (AvgIpc) is 3.11. The maximum atomic E-state index is 17.3. The number of carbonyl (C=O) groups is 3. The van der Waals surface area contributed by atoms with Gasteiger partial charge in [-0.1, -0.05) is 48.9 Å². The van der Waals surface area contributed by atoms with Crippen LogP contribution in [-0.4, -0.2) is 63.5 Å². The first-order valence-corrected chi connectivity index (χ1v) is 13.3. The molecule has 0 aromatic heterocycles. The Hall–Kier alpha value is -2.19. The normalized spacial score (nSPS) is 42.4. The van der Waals surface area contributed by atoms with E-state index < -0.39 is 57.8 Å². The summed E-state index contributed by atoms with van der Waals surface area (Å²) in [6, 6.07) is 8.56. The molecule has 0 saturated heterocycles. The van der Waals surface area contributed by atoms with Crippen LogP contribution in [0.4, 0.5) is 4.39 Å². The molecule has 0 unspecified atom stereocenters. The molecule has 0 heterocycles. The van der Waals surface area contributed by atoms with Gasteiger partial charge in [-0.3, -0.25) is 14.4 Å². The van der Waals surface area contributed by atoms with Crippen molar-refractivity contribution in [1.29, 1.82) is 0 Å². The van der Waals surface area contributed by atoms with E-state index in [9.17, 15) is 24.6 Å². The zero-order chi connectivity index (χ0) is 26.8. The number of ketones is 3. The molecule has 0 bridgehead atoms. The van der Waals surface area contributed by atoms with Gasteiger partial charge in [-0.05, 0) is 50.7 Å². The summed E-state index contributed by atoms with van der Waals surface area (Å²) in [5, 5.41) is 23.4. The lowest BCUT2D eigenvalue weighted by molar-refractivity contribution is -0.222. The topological polar surface area (TPSA) is 101 Å². The van der Waals surface area contributed by atoms with Crippen molar-refractivity contribution >= 4 is 29.0 Å². The molecule has 6 nitrogen and oxygen atoms in total. The Morgan fingerprint density at radius 2 is 1.89 bits per heavy atom. The van der Waals surface area contributed by atoms with Crippen LogP contribution in [0.1, 0.15) is 49.9 Å². The first-order chi connectivity index (χ1) is 17.4. The number of aliphatic hydroxyl groups excluding tert-OH is 1. The molecule has 8 atom stereocenters. The van der Waals surface area contributed by atoms with E-state index in [-0.39, 0.29) is 31.0 Å². The molecule has 3 fully saturated rings. The first-order valence-electron chi connectivity index (χ1n) is 12.8. The van der Waals surface area contributed by atoms with Crippen LogP contribution in [-0.2, 0) is 14.3 Å². The molecule has 1 aromatic rings. The summed E-state index contributed by atoms with van der Waals surface area (Å²) in [6.07, 6.45) is 2.51. The van der Waals surface area contributed by atoms with Crippen LogP contribution in [0, 0.1) is 22.7 Å². The van der Waals surface area contributed by atoms with Crippen LogP contribution in [0.5, 0.6) is 0 Å². The number of Topliss-reactive ketones (excluding diaryl/α,β-unsaturated/α-hetero) is 2. The Bertz CT molecular complexity index is 1200. The third kappa shape index (κ3) is 3.50. The molecule has 0 spiro atoms. The fraction of sp³-hybridized carbons (Fsp3) is 0.552. The Balaban J connectivity index is 1.51. The SMILES string of the molecule is C[C@]12C=CC(=O)C=C1CC[C@H]1[C@@H]3C[C@@H](OCC(=O)c4ccccc4)[C@](O)(C(=O)CCl)[C@@]3(C)C[C@H](O)[C@@]12F. The largest absolute Gasteiger partial charge is 0.390 e. The molecule has 0 aliphatic heterocycles. The van der Waals surface area contributed by atoms with Gasteiger partial charge in [0.2, 0.25) is 0 Å². The third-order valence-corrected chi connectivity index (χ3v) is 10.1. The van der Waals surface area contributed by atoms with Crippen LogP contribution < -0.4 is 0 Å². The van der Waals surface area contributed by atoms with Gasteiger partial charge in [0.25, 0.3) is 0 Å². The first kappa shape index (κ1) is 26.4. The molecular weight excluding hydrogens is 499 g/mol. The number of halogens is 2. The molecular formula is C29H32ClFO6. The lowest BCUT2D eigenvalue weighted by Crippen LogP contribution is -2.69. The molecule has 4 aliphatic carbocycles. The second-order valence-corrected chi connectivity index (χ2v) is 11.7. The highest BCUT2D eigenvalue weighted by Crippen LogP contribution is 2.70. The number of benzene rings is 1. The van der Waals surface area contributed by atoms with Gasteiger partial charge in [-0.25, -0.2) is 4.39 Å². The van der Waals surface area contributed by atoms with E-state index in [1.165, 1.54) is 12.2 Å². The van der Waals surface area contributed by atoms with Crippen LogP contribution >= 0.6 is 11.6 Å². The van der Waals surface area contributed by atoms with Crippen molar-refractivity contribution in [2.45, 2.75) is 63.0 Å².